The number of rotatable bonds is 3. The monoisotopic (exact) mass is 247 g/mol. The van der Waals surface area contributed by atoms with Crippen molar-refractivity contribution in [1.29, 1.82) is 0 Å². The quantitative estimate of drug-likeness (QED) is 0.469. The molecule has 0 aromatic heterocycles. The Balaban J connectivity index is 1.97. The summed E-state index contributed by atoms with van der Waals surface area (Å²) < 4.78 is 0. The molecule has 0 unspecified atom stereocenters. The van der Waals surface area contributed by atoms with Gasteiger partial charge >= 0.3 is 0 Å². The summed E-state index contributed by atoms with van der Waals surface area (Å²) in [5.41, 5.74) is 1.01. The van der Waals surface area contributed by atoms with Gasteiger partial charge in [-0.3, -0.25) is 15.1 Å². The lowest BCUT2D eigenvalue weighted by Crippen LogP contribution is -2.18. The minimum absolute atomic E-state index is 0.113. The van der Waals surface area contributed by atoms with Crippen molar-refractivity contribution in [2.75, 3.05) is 13.1 Å². The number of nitro groups is 1. The normalized spacial score (nSPS) is 16.8. The van der Waals surface area contributed by atoms with Gasteiger partial charge in [0.1, 0.15) is 0 Å². The molecule has 1 aromatic rings. The Morgan fingerprint density at radius 3 is 2.28 bits per heavy atom. The van der Waals surface area contributed by atoms with Gasteiger partial charge in [0, 0.05) is 25.2 Å². The van der Waals surface area contributed by atoms with E-state index < -0.39 is 4.92 Å². The summed E-state index contributed by atoms with van der Waals surface area (Å²) in [4.78, 5) is 10.1. The highest BCUT2D eigenvalue weighted by Crippen LogP contribution is 2.12. The van der Waals surface area contributed by atoms with E-state index >= 15 is 0 Å². The van der Waals surface area contributed by atoms with Crippen LogP contribution in [0, 0.1) is 10.1 Å². The molecule has 0 amide bonds. The van der Waals surface area contributed by atoms with Crippen LogP contribution in [0.4, 0.5) is 5.69 Å². The molecule has 5 nitrogen and oxygen atoms in total. The van der Waals surface area contributed by atoms with Crippen LogP contribution in [0.5, 0.6) is 0 Å². The summed E-state index contributed by atoms with van der Waals surface area (Å²) in [5, 5.41) is 17.0. The maximum absolute atomic E-state index is 10.5. The lowest BCUT2D eigenvalue weighted by atomic mass is 10.2. The molecule has 1 fully saturated rings. The maximum Gasteiger partial charge on any atom is 0.269 e. The van der Waals surface area contributed by atoms with E-state index in [2.05, 4.69) is 10.1 Å². The molecule has 1 heterocycles. The van der Waals surface area contributed by atoms with Crippen molar-refractivity contribution in [2.45, 2.75) is 25.7 Å². The van der Waals surface area contributed by atoms with Crippen molar-refractivity contribution in [1.82, 2.24) is 5.01 Å². The fourth-order valence-electron chi connectivity index (χ4n) is 2.00. The fourth-order valence-corrected chi connectivity index (χ4v) is 2.00. The summed E-state index contributed by atoms with van der Waals surface area (Å²) >= 11 is 0. The SMILES string of the molecule is O=[N+]([O-])c1ccc(C=NN2CCCCCC2)cc1. The molecule has 1 aromatic carbocycles. The smallest absolute Gasteiger partial charge is 0.269 e. The van der Waals surface area contributed by atoms with Crippen LogP contribution in [0.2, 0.25) is 0 Å². The van der Waals surface area contributed by atoms with E-state index in [0.717, 1.165) is 18.7 Å². The predicted molar refractivity (Wildman–Crippen MR) is 70.7 cm³/mol. The summed E-state index contributed by atoms with van der Waals surface area (Å²) in [6.07, 6.45) is 6.72. The molecule has 96 valence electrons. The van der Waals surface area contributed by atoms with Gasteiger partial charge in [-0.05, 0) is 30.5 Å². The zero-order valence-electron chi connectivity index (χ0n) is 10.3. The Labute approximate surface area is 106 Å². The number of non-ortho nitro benzene ring substituents is 1. The van der Waals surface area contributed by atoms with E-state index in [4.69, 9.17) is 0 Å². The summed E-state index contributed by atoms with van der Waals surface area (Å²) in [7, 11) is 0. The molecule has 1 saturated heterocycles. The highest BCUT2D eigenvalue weighted by molar-refractivity contribution is 5.79. The number of nitro benzene ring substituents is 1. The standard InChI is InChI=1S/C13H17N3O2/c17-16(18)13-7-5-12(6-8-13)11-14-15-9-3-1-2-4-10-15/h5-8,11H,1-4,9-10H2. The summed E-state index contributed by atoms with van der Waals surface area (Å²) in [5.74, 6) is 0. The molecule has 5 heteroatoms. The van der Waals surface area contributed by atoms with E-state index in [0.29, 0.717) is 0 Å². The van der Waals surface area contributed by atoms with Crippen LogP contribution in [0.25, 0.3) is 0 Å². The molecule has 1 aliphatic rings. The molecule has 2 rings (SSSR count). The highest BCUT2D eigenvalue weighted by Gasteiger charge is 2.06. The molecule has 0 aliphatic carbocycles. The summed E-state index contributed by atoms with van der Waals surface area (Å²) in [6, 6.07) is 6.45. The first-order valence-corrected chi connectivity index (χ1v) is 6.29. The zero-order valence-corrected chi connectivity index (χ0v) is 10.3. The first-order valence-electron chi connectivity index (χ1n) is 6.29. The van der Waals surface area contributed by atoms with Crippen LogP contribution >= 0.6 is 0 Å². The fraction of sp³-hybridized carbons (Fsp3) is 0.462. The van der Waals surface area contributed by atoms with Gasteiger partial charge in [-0.25, -0.2) is 0 Å². The van der Waals surface area contributed by atoms with Crippen molar-refractivity contribution < 1.29 is 4.92 Å². The predicted octanol–water partition coefficient (Wildman–Crippen LogP) is 2.80. The van der Waals surface area contributed by atoms with Gasteiger partial charge in [0.2, 0.25) is 0 Å². The molecule has 0 N–H and O–H groups in total. The summed E-state index contributed by atoms with van der Waals surface area (Å²) in [6.45, 7) is 2.01. The third kappa shape index (κ3) is 3.55. The maximum atomic E-state index is 10.5. The largest absolute Gasteiger partial charge is 0.297 e. The molecule has 0 atom stereocenters. The third-order valence-electron chi connectivity index (χ3n) is 3.06. The van der Waals surface area contributed by atoms with Crippen molar-refractivity contribution >= 4 is 11.9 Å². The number of hydrogen-bond acceptors (Lipinski definition) is 4. The molecular formula is C13H17N3O2. The lowest BCUT2D eigenvalue weighted by molar-refractivity contribution is -0.384. The van der Waals surface area contributed by atoms with Crippen LogP contribution in [-0.2, 0) is 0 Å². The Hall–Kier alpha value is -1.91. The van der Waals surface area contributed by atoms with E-state index in [-0.39, 0.29) is 5.69 Å². The highest BCUT2D eigenvalue weighted by atomic mass is 16.6. The van der Waals surface area contributed by atoms with Crippen LogP contribution in [0.3, 0.4) is 0 Å². The third-order valence-corrected chi connectivity index (χ3v) is 3.06. The van der Waals surface area contributed by atoms with E-state index in [9.17, 15) is 10.1 Å². The van der Waals surface area contributed by atoms with Crippen LogP contribution < -0.4 is 0 Å². The lowest BCUT2D eigenvalue weighted by Gasteiger charge is -2.15. The number of hydrogen-bond donors (Lipinski definition) is 0. The molecule has 1 aliphatic heterocycles. The Bertz CT molecular complexity index is 420. The molecule has 0 saturated carbocycles. The minimum Gasteiger partial charge on any atom is -0.297 e. The molecule has 18 heavy (non-hydrogen) atoms. The van der Waals surface area contributed by atoms with Gasteiger partial charge in [-0.2, -0.15) is 5.10 Å². The Kier molecular flexibility index (Phi) is 4.28. The zero-order chi connectivity index (χ0) is 12.8. The van der Waals surface area contributed by atoms with Crippen LogP contribution in [0.1, 0.15) is 31.2 Å². The van der Waals surface area contributed by atoms with E-state index in [1.54, 1.807) is 18.3 Å². The van der Waals surface area contributed by atoms with E-state index in [1.165, 1.54) is 37.8 Å². The second kappa shape index (κ2) is 6.14. The molecule has 0 spiro atoms. The number of benzene rings is 1. The molecule has 0 radical (unpaired) electrons. The average Bonchev–Trinajstić information content (AvgIpc) is 2.65. The van der Waals surface area contributed by atoms with Gasteiger partial charge in [0.15, 0.2) is 0 Å². The van der Waals surface area contributed by atoms with Crippen molar-refractivity contribution in [3.63, 3.8) is 0 Å². The Morgan fingerprint density at radius 1 is 1.11 bits per heavy atom. The number of nitrogens with zero attached hydrogens (tertiary/aromatic N) is 3. The Morgan fingerprint density at radius 2 is 1.72 bits per heavy atom. The van der Waals surface area contributed by atoms with Gasteiger partial charge in [0.05, 0.1) is 11.1 Å². The van der Waals surface area contributed by atoms with Gasteiger partial charge in [-0.1, -0.05) is 12.8 Å². The minimum atomic E-state index is -0.393. The van der Waals surface area contributed by atoms with Crippen molar-refractivity contribution in [3.8, 4) is 0 Å². The van der Waals surface area contributed by atoms with Crippen molar-refractivity contribution in [2.24, 2.45) is 5.10 Å². The van der Waals surface area contributed by atoms with Gasteiger partial charge in [-0.15, -0.1) is 0 Å². The van der Waals surface area contributed by atoms with Gasteiger partial charge in [0.25, 0.3) is 5.69 Å². The first kappa shape index (κ1) is 12.5. The number of hydrazone groups is 1. The first-order chi connectivity index (χ1) is 8.75. The van der Waals surface area contributed by atoms with Crippen molar-refractivity contribution in [3.05, 3.63) is 39.9 Å². The van der Waals surface area contributed by atoms with Crippen LogP contribution in [0.15, 0.2) is 29.4 Å². The molecular weight excluding hydrogens is 230 g/mol. The topological polar surface area (TPSA) is 58.7 Å². The second-order valence-electron chi connectivity index (χ2n) is 4.46. The van der Waals surface area contributed by atoms with Gasteiger partial charge < -0.3 is 0 Å². The van der Waals surface area contributed by atoms with E-state index in [1.807, 2.05) is 0 Å². The van der Waals surface area contributed by atoms with Crippen LogP contribution in [-0.4, -0.2) is 29.2 Å². The average molecular weight is 247 g/mol. The second-order valence-corrected chi connectivity index (χ2v) is 4.46. The molecule has 0 bridgehead atoms.